The zero-order chi connectivity index (χ0) is 28.7. The first-order valence-electron chi connectivity index (χ1n) is 12.9. The van der Waals surface area contributed by atoms with Crippen LogP contribution < -0.4 is 11.1 Å². The Balaban J connectivity index is 3.92. The van der Waals surface area contributed by atoms with Crippen LogP contribution in [0.15, 0.2) is 0 Å². The van der Waals surface area contributed by atoms with E-state index in [1.54, 1.807) is 0 Å². The van der Waals surface area contributed by atoms with Gasteiger partial charge in [-0.3, -0.25) is 19.5 Å². The molecule has 226 valence electrons. The molecule has 0 aromatic rings. The van der Waals surface area contributed by atoms with Crippen LogP contribution in [0.2, 0.25) is 0 Å². The van der Waals surface area contributed by atoms with Gasteiger partial charge in [-0.2, -0.15) is 11.8 Å². The van der Waals surface area contributed by atoms with Gasteiger partial charge in [-0.05, 0) is 12.8 Å². The van der Waals surface area contributed by atoms with Crippen LogP contribution >= 0.6 is 19.4 Å². The lowest BCUT2D eigenvalue weighted by Crippen LogP contribution is -2.47. The molecule has 15 heteroatoms. The van der Waals surface area contributed by atoms with Crippen LogP contribution in [0, 0.1) is 0 Å². The van der Waals surface area contributed by atoms with Crippen molar-refractivity contribution in [1.82, 2.24) is 5.32 Å². The van der Waals surface area contributed by atoms with E-state index in [-0.39, 0.29) is 31.3 Å². The van der Waals surface area contributed by atoms with Crippen molar-refractivity contribution in [3.05, 3.63) is 0 Å². The molecule has 5 N–H and O–H groups in total. The number of esters is 2. The molecule has 0 saturated heterocycles. The summed E-state index contributed by atoms with van der Waals surface area (Å²) < 4.78 is 42.3. The van der Waals surface area contributed by atoms with Gasteiger partial charge in [0.1, 0.15) is 18.9 Å². The van der Waals surface area contributed by atoms with Gasteiger partial charge in [0.15, 0.2) is 0 Å². The zero-order valence-electron chi connectivity index (χ0n) is 22.8. The third kappa shape index (κ3) is 22.1. The van der Waals surface area contributed by atoms with Crippen LogP contribution in [-0.2, 0) is 42.4 Å². The molecular formula is C23H47N2O11PS. The molecule has 13 nitrogen and oxygen atoms in total. The number of hydrogen-bond acceptors (Lipinski definition) is 13. The van der Waals surface area contributed by atoms with E-state index in [2.05, 4.69) is 9.84 Å². The lowest BCUT2D eigenvalue weighted by atomic mass is 10.3. The van der Waals surface area contributed by atoms with Gasteiger partial charge in [-0.15, -0.1) is 0 Å². The molecule has 0 amide bonds. The van der Waals surface area contributed by atoms with Gasteiger partial charge in [0, 0.05) is 38.0 Å². The third-order valence-corrected chi connectivity index (χ3v) is 7.35. The SMILES string of the molecule is CCCC(=O)OCC(CSCC(N)C(O)NCCOCCOCCOCCP(=O)(O)OC)OC(=O)CCC. The molecule has 0 aromatic carbocycles. The topological polar surface area (TPSA) is 185 Å². The van der Waals surface area contributed by atoms with E-state index in [0.29, 0.717) is 76.8 Å². The van der Waals surface area contributed by atoms with Gasteiger partial charge < -0.3 is 43.9 Å². The largest absolute Gasteiger partial charge is 0.462 e. The molecule has 0 saturated carbocycles. The van der Waals surface area contributed by atoms with Crippen LogP contribution in [0.5, 0.6) is 0 Å². The molecule has 0 fully saturated rings. The number of carbonyl (C=O) groups excluding carboxylic acids is 2. The molecule has 4 atom stereocenters. The second kappa shape index (κ2) is 24.0. The zero-order valence-corrected chi connectivity index (χ0v) is 24.6. The highest BCUT2D eigenvalue weighted by Crippen LogP contribution is 2.39. The number of hydrogen-bond donors (Lipinski definition) is 4. The van der Waals surface area contributed by atoms with Crippen molar-refractivity contribution in [1.29, 1.82) is 0 Å². The highest BCUT2D eigenvalue weighted by molar-refractivity contribution is 7.99. The van der Waals surface area contributed by atoms with Gasteiger partial charge in [0.2, 0.25) is 0 Å². The molecule has 38 heavy (non-hydrogen) atoms. The van der Waals surface area contributed by atoms with Crippen molar-refractivity contribution in [3.63, 3.8) is 0 Å². The Labute approximate surface area is 230 Å². The lowest BCUT2D eigenvalue weighted by Gasteiger charge is -2.22. The predicted molar refractivity (Wildman–Crippen MR) is 144 cm³/mol. The molecule has 0 spiro atoms. The molecule has 0 aliphatic rings. The Kier molecular flexibility index (Phi) is 23.5. The Hall–Kier alpha value is -0.800. The smallest absolute Gasteiger partial charge is 0.330 e. The minimum Gasteiger partial charge on any atom is -0.462 e. The van der Waals surface area contributed by atoms with Gasteiger partial charge in [0.05, 0.1) is 51.8 Å². The Morgan fingerprint density at radius 2 is 1.53 bits per heavy atom. The van der Waals surface area contributed by atoms with Crippen molar-refractivity contribution in [3.8, 4) is 0 Å². The highest BCUT2D eigenvalue weighted by Gasteiger charge is 2.20. The first-order chi connectivity index (χ1) is 18.1. The van der Waals surface area contributed by atoms with Crippen LogP contribution in [0.3, 0.4) is 0 Å². The summed E-state index contributed by atoms with van der Waals surface area (Å²) in [4.78, 5) is 32.7. The minimum atomic E-state index is -3.54. The van der Waals surface area contributed by atoms with E-state index >= 15 is 0 Å². The Morgan fingerprint density at radius 1 is 0.947 bits per heavy atom. The maximum absolute atomic E-state index is 11.9. The van der Waals surface area contributed by atoms with E-state index in [1.807, 2.05) is 13.8 Å². The Morgan fingerprint density at radius 3 is 2.13 bits per heavy atom. The average Bonchev–Trinajstić information content (AvgIpc) is 2.87. The number of nitrogens with two attached hydrogens (primary N) is 1. The standard InChI is InChI=1S/C23H47N2O11PS/c1-4-6-21(26)35-16-19(36-22(27)7-5-2)17-38-18-20(24)23(28)25-8-9-32-10-11-33-12-13-34-14-15-37(29,30)31-3/h19-20,23,25,28H,4-18,24H2,1-3H3,(H,29,30). The first-order valence-corrected chi connectivity index (χ1v) is 15.8. The lowest BCUT2D eigenvalue weighted by molar-refractivity contribution is -0.157. The predicted octanol–water partition coefficient (Wildman–Crippen LogP) is 0.892. The maximum Gasteiger partial charge on any atom is 0.330 e. The molecule has 0 heterocycles. The number of carbonyl (C=O) groups is 2. The quantitative estimate of drug-likeness (QED) is 0.0482. The summed E-state index contributed by atoms with van der Waals surface area (Å²) in [5, 5.41) is 13.1. The van der Waals surface area contributed by atoms with Crippen molar-refractivity contribution >= 4 is 31.3 Å². The number of aliphatic hydroxyl groups excluding tert-OH is 1. The van der Waals surface area contributed by atoms with E-state index in [9.17, 15) is 24.2 Å². The maximum atomic E-state index is 11.9. The molecule has 0 aliphatic heterocycles. The van der Waals surface area contributed by atoms with Crippen LogP contribution in [0.25, 0.3) is 0 Å². The van der Waals surface area contributed by atoms with E-state index in [0.717, 1.165) is 0 Å². The van der Waals surface area contributed by atoms with Crippen LogP contribution in [0.4, 0.5) is 0 Å². The Bertz CT molecular complexity index is 663. The summed E-state index contributed by atoms with van der Waals surface area (Å²) in [5.41, 5.74) is 6.04. The number of ether oxygens (including phenoxy) is 5. The fourth-order valence-corrected chi connectivity index (χ4v) is 4.26. The summed E-state index contributed by atoms with van der Waals surface area (Å²) in [6.45, 7) is 5.92. The normalized spacial score (nSPS) is 15.4. The minimum absolute atomic E-state index is 0.00726. The van der Waals surface area contributed by atoms with Gasteiger partial charge in [-0.25, -0.2) is 0 Å². The summed E-state index contributed by atoms with van der Waals surface area (Å²) in [6.07, 6.45) is 0.349. The number of aliphatic hydroxyl groups is 1. The summed E-state index contributed by atoms with van der Waals surface area (Å²) in [6, 6.07) is -0.568. The van der Waals surface area contributed by atoms with Crippen molar-refractivity contribution in [2.45, 2.75) is 57.9 Å². The molecule has 0 radical (unpaired) electrons. The van der Waals surface area contributed by atoms with E-state index in [4.69, 9.17) is 29.4 Å². The summed E-state index contributed by atoms with van der Waals surface area (Å²) in [7, 11) is -2.36. The molecule has 0 bridgehead atoms. The molecule has 0 aromatic heterocycles. The van der Waals surface area contributed by atoms with Crippen molar-refractivity contribution < 1.29 is 52.4 Å². The summed E-state index contributed by atoms with van der Waals surface area (Å²) >= 11 is 1.40. The van der Waals surface area contributed by atoms with Gasteiger partial charge >= 0.3 is 19.5 Å². The van der Waals surface area contributed by atoms with E-state index < -0.39 is 26.0 Å². The first kappa shape index (κ1) is 37.2. The molecular weight excluding hydrogens is 543 g/mol. The van der Waals surface area contributed by atoms with E-state index in [1.165, 1.54) is 18.9 Å². The van der Waals surface area contributed by atoms with Crippen molar-refractivity contribution in [2.75, 3.05) is 77.6 Å². The molecule has 0 rings (SSSR count). The number of thioether (sulfide) groups is 1. The average molecular weight is 591 g/mol. The molecule has 4 unspecified atom stereocenters. The van der Waals surface area contributed by atoms with Gasteiger partial charge in [0.25, 0.3) is 0 Å². The highest BCUT2D eigenvalue weighted by atomic mass is 32.2. The van der Waals surface area contributed by atoms with Crippen LogP contribution in [-0.4, -0.2) is 118 Å². The number of nitrogens with one attached hydrogen (secondary N) is 1. The fourth-order valence-electron chi connectivity index (χ4n) is 2.70. The monoisotopic (exact) mass is 590 g/mol. The van der Waals surface area contributed by atoms with Crippen LogP contribution in [0.1, 0.15) is 39.5 Å². The second-order valence-electron chi connectivity index (χ2n) is 8.28. The molecule has 0 aliphatic carbocycles. The second-order valence-corrected chi connectivity index (χ2v) is 11.4. The third-order valence-electron chi connectivity index (χ3n) is 4.80. The van der Waals surface area contributed by atoms with Gasteiger partial charge in [-0.1, -0.05) is 13.8 Å². The summed E-state index contributed by atoms with van der Waals surface area (Å²) in [5.74, 6) is 0.117. The number of rotatable bonds is 26. The van der Waals surface area contributed by atoms with Crippen molar-refractivity contribution in [2.24, 2.45) is 5.73 Å². The fraction of sp³-hybridized carbons (Fsp3) is 0.913.